The Labute approximate surface area is 132 Å². The quantitative estimate of drug-likeness (QED) is 0.819. The highest BCUT2D eigenvalue weighted by molar-refractivity contribution is 7.98. The second kappa shape index (κ2) is 8.06. The van der Waals surface area contributed by atoms with Crippen molar-refractivity contribution in [1.29, 1.82) is 0 Å². The molecule has 1 heterocycles. The van der Waals surface area contributed by atoms with Gasteiger partial charge in [0.25, 0.3) is 0 Å². The molecule has 4 nitrogen and oxygen atoms in total. The molecule has 1 aliphatic carbocycles. The molecule has 1 saturated heterocycles. The summed E-state index contributed by atoms with van der Waals surface area (Å²) in [6.45, 7) is 2.76. The number of carbonyl (C=O) groups is 2. The van der Waals surface area contributed by atoms with Gasteiger partial charge < -0.3 is 10.2 Å². The van der Waals surface area contributed by atoms with Crippen molar-refractivity contribution in [2.45, 2.75) is 64.0 Å². The average molecular weight is 312 g/mol. The molecule has 2 amide bonds. The molecule has 2 fully saturated rings. The first kappa shape index (κ1) is 16.7. The van der Waals surface area contributed by atoms with E-state index in [1.54, 1.807) is 11.8 Å². The molecule has 2 aliphatic rings. The van der Waals surface area contributed by atoms with E-state index in [-0.39, 0.29) is 23.9 Å². The van der Waals surface area contributed by atoms with Crippen LogP contribution in [0.2, 0.25) is 0 Å². The van der Waals surface area contributed by atoms with Crippen molar-refractivity contribution in [3.05, 3.63) is 0 Å². The van der Waals surface area contributed by atoms with Crippen molar-refractivity contribution in [3.8, 4) is 0 Å². The van der Waals surface area contributed by atoms with Gasteiger partial charge in [0.1, 0.15) is 12.1 Å². The maximum atomic E-state index is 12.9. The zero-order valence-corrected chi connectivity index (χ0v) is 14.1. The first-order chi connectivity index (χ1) is 10.2. The van der Waals surface area contributed by atoms with Crippen molar-refractivity contribution in [1.82, 2.24) is 10.2 Å². The van der Waals surface area contributed by atoms with Gasteiger partial charge in [-0.3, -0.25) is 9.59 Å². The number of thioether (sulfide) groups is 1. The molecule has 5 heteroatoms. The van der Waals surface area contributed by atoms with E-state index in [9.17, 15) is 9.59 Å². The molecule has 0 aromatic heterocycles. The van der Waals surface area contributed by atoms with Gasteiger partial charge in [0.15, 0.2) is 0 Å². The van der Waals surface area contributed by atoms with Gasteiger partial charge in [-0.05, 0) is 31.4 Å². The van der Waals surface area contributed by atoms with Crippen LogP contribution in [0.3, 0.4) is 0 Å². The highest BCUT2D eigenvalue weighted by Gasteiger charge is 2.42. The standard InChI is InChI=1S/C16H28N2O2S/c1-3-7-13-15(19)17-14(12-8-5-4-6-9-12)16(20)18(13)10-11-21-2/h12-14H,3-11H2,1-2H3,(H,17,19). The minimum Gasteiger partial charge on any atom is -0.342 e. The van der Waals surface area contributed by atoms with Crippen LogP contribution >= 0.6 is 11.8 Å². The van der Waals surface area contributed by atoms with Gasteiger partial charge in [0.05, 0.1) is 0 Å². The summed E-state index contributed by atoms with van der Waals surface area (Å²) in [6.07, 6.45) is 9.53. The number of hydrogen-bond donors (Lipinski definition) is 1. The number of rotatable bonds is 6. The average Bonchev–Trinajstić information content (AvgIpc) is 2.51. The minimum atomic E-state index is -0.271. The number of nitrogens with one attached hydrogen (secondary N) is 1. The number of piperazine rings is 1. The van der Waals surface area contributed by atoms with E-state index >= 15 is 0 Å². The van der Waals surface area contributed by atoms with Crippen LogP contribution in [0, 0.1) is 5.92 Å². The molecule has 21 heavy (non-hydrogen) atoms. The van der Waals surface area contributed by atoms with E-state index in [4.69, 9.17) is 0 Å². The molecule has 1 N–H and O–H groups in total. The number of nitrogens with zero attached hydrogens (tertiary/aromatic N) is 1. The van der Waals surface area contributed by atoms with Crippen LogP contribution in [0.5, 0.6) is 0 Å². The zero-order chi connectivity index (χ0) is 15.2. The Morgan fingerprint density at radius 2 is 1.95 bits per heavy atom. The van der Waals surface area contributed by atoms with Crippen molar-refractivity contribution < 1.29 is 9.59 Å². The largest absolute Gasteiger partial charge is 0.342 e. The summed E-state index contributed by atoms with van der Waals surface area (Å²) in [7, 11) is 0. The van der Waals surface area contributed by atoms with Crippen molar-refractivity contribution in [3.63, 3.8) is 0 Å². The topological polar surface area (TPSA) is 49.4 Å². The normalized spacial score (nSPS) is 27.8. The van der Waals surface area contributed by atoms with Gasteiger partial charge in [-0.15, -0.1) is 0 Å². The van der Waals surface area contributed by atoms with Crippen LogP contribution in [-0.4, -0.2) is 47.4 Å². The Bertz CT molecular complexity index is 369. The third kappa shape index (κ3) is 3.93. The van der Waals surface area contributed by atoms with E-state index in [0.29, 0.717) is 12.5 Å². The fraction of sp³-hybridized carbons (Fsp3) is 0.875. The van der Waals surface area contributed by atoms with E-state index in [1.165, 1.54) is 19.3 Å². The van der Waals surface area contributed by atoms with E-state index < -0.39 is 0 Å². The maximum absolute atomic E-state index is 12.9. The summed E-state index contributed by atoms with van der Waals surface area (Å²) in [5.41, 5.74) is 0. The summed E-state index contributed by atoms with van der Waals surface area (Å²) in [5, 5.41) is 3.04. The first-order valence-electron chi connectivity index (χ1n) is 8.28. The molecule has 0 aromatic rings. The molecular weight excluding hydrogens is 284 g/mol. The van der Waals surface area contributed by atoms with Crippen LogP contribution in [0.1, 0.15) is 51.9 Å². The summed E-state index contributed by atoms with van der Waals surface area (Å²) >= 11 is 1.73. The number of amides is 2. The fourth-order valence-corrected chi connectivity index (χ4v) is 3.97. The highest BCUT2D eigenvalue weighted by Crippen LogP contribution is 2.29. The Morgan fingerprint density at radius 1 is 1.24 bits per heavy atom. The fourth-order valence-electron chi connectivity index (χ4n) is 3.59. The lowest BCUT2D eigenvalue weighted by Crippen LogP contribution is -2.65. The second-order valence-corrected chi connectivity index (χ2v) is 7.20. The van der Waals surface area contributed by atoms with E-state index in [2.05, 4.69) is 12.2 Å². The predicted octanol–water partition coefficient (Wildman–Crippen LogP) is 2.43. The monoisotopic (exact) mass is 312 g/mol. The Balaban J connectivity index is 2.11. The second-order valence-electron chi connectivity index (χ2n) is 6.21. The molecule has 0 radical (unpaired) electrons. The molecular formula is C16H28N2O2S. The minimum absolute atomic E-state index is 0.0631. The smallest absolute Gasteiger partial charge is 0.246 e. The van der Waals surface area contributed by atoms with Crippen LogP contribution in [0.25, 0.3) is 0 Å². The van der Waals surface area contributed by atoms with E-state index in [0.717, 1.165) is 31.4 Å². The zero-order valence-electron chi connectivity index (χ0n) is 13.3. The van der Waals surface area contributed by atoms with Crippen molar-refractivity contribution in [2.75, 3.05) is 18.6 Å². The van der Waals surface area contributed by atoms with Crippen molar-refractivity contribution in [2.24, 2.45) is 5.92 Å². The third-order valence-electron chi connectivity index (χ3n) is 4.75. The van der Waals surface area contributed by atoms with Crippen molar-refractivity contribution >= 4 is 23.6 Å². The predicted molar refractivity (Wildman–Crippen MR) is 87.3 cm³/mol. The molecule has 1 aliphatic heterocycles. The van der Waals surface area contributed by atoms with Gasteiger partial charge in [-0.1, -0.05) is 32.6 Å². The van der Waals surface area contributed by atoms with Gasteiger partial charge in [0, 0.05) is 12.3 Å². The van der Waals surface area contributed by atoms with Gasteiger partial charge >= 0.3 is 0 Å². The lowest BCUT2D eigenvalue weighted by Gasteiger charge is -2.42. The molecule has 1 saturated carbocycles. The van der Waals surface area contributed by atoms with Crippen LogP contribution in [-0.2, 0) is 9.59 Å². The van der Waals surface area contributed by atoms with E-state index in [1.807, 2.05) is 11.2 Å². The van der Waals surface area contributed by atoms with Crippen LogP contribution in [0.15, 0.2) is 0 Å². The molecule has 2 unspecified atom stereocenters. The molecule has 0 bridgehead atoms. The van der Waals surface area contributed by atoms with Gasteiger partial charge in [-0.2, -0.15) is 11.8 Å². The summed E-state index contributed by atoms with van der Waals surface area (Å²) in [4.78, 5) is 27.2. The lowest BCUT2D eigenvalue weighted by molar-refractivity contribution is -0.151. The summed E-state index contributed by atoms with van der Waals surface area (Å²) in [5.74, 6) is 1.47. The number of carbonyl (C=O) groups excluding carboxylic acids is 2. The maximum Gasteiger partial charge on any atom is 0.246 e. The Hall–Kier alpha value is -0.710. The SMILES string of the molecule is CCCC1C(=O)NC(C2CCCCC2)C(=O)N1CCSC. The molecule has 0 aromatic carbocycles. The van der Waals surface area contributed by atoms with Gasteiger partial charge in [0.2, 0.25) is 11.8 Å². The van der Waals surface area contributed by atoms with Crippen LogP contribution < -0.4 is 5.32 Å². The lowest BCUT2D eigenvalue weighted by atomic mass is 9.82. The highest BCUT2D eigenvalue weighted by atomic mass is 32.2. The molecule has 120 valence electrons. The summed E-state index contributed by atoms with van der Waals surface area (Å²) < 4.78 is 0. The molecule has 2 rings (SSSR count). The molecule has 0 spiro atoms. The number of hydrogen-bond acceptors (Lipinski definition) is 3. The molecule has 2 atom stereocenters. The Morgan fingerprint density at radius 3 is 2.57 bits per heavy atom. The third-order valence-corrected chi connectivity index (χ3v) is 5.34. The summed E-state index contributed by atoms with van der Waals surface area (Å²) in [6, 6.07) is -0.526. The first-order valence-corrected chi connectivity index (χ1v) is 9.68. The Kier molecular flexibility index (Phi) is 6.40. The van der Waals surface area contributed by atoms with Crippen LogP contribution in [0.4, 0.5) is 0 Å². The van der Waals surface area contributed by atoms with Gasteiger partial charge in [-0.25, -0.2) is 0 Å².